The number of ether oxygens (including phenoxy) is 2. The maximum Gasteiger partial charge on any atom is 0.161 e. The smallest absolute Gasteiger partial charge is 0.161 e. The van der Waals surface area contributed by atoms with Crippen LogP contribution in [0.1, 0.15) is 5.56 Å². The molecule has 0 bridgehead atoms. The first kappa shape index (κ1) is 15.2. The topological polar surface area (TPSA) is 47.7 Å². The van der Waals surface area contributed by atoms with Crippen molar-refractivity contribution in [2.45, 2.75) is 6.54 Å². The van der Waals surface area contributed by atoms with Crippen molar-refractivity contribution in [3.63, 3.8) is 0 Å². The Balaban J connectivity index is 2.51. The van der Waals surface area contributed by atoms with Gasteiger partial charge in [0.2, 0.25) is 0 Å². The van der Waals surface area contributed by atoms with E-state index in [9.17, 15) is 0 Å². The molecule has 0 aliphatic rings. The van der Waals surface area contributed by atoms with Gasteiger partial charge in [0.05, 0.1) is 14.2 Å². The van der Waals surface area contributed by atoms with Gasteiger partial charge in [-0.2, -0.15) is 0 Å². The van der Waals surface area contributed by atoms with E-state index >= 15 is 0 Å². The number of hydrogen-bond acceptors (Lipinski definition) is 4. The van der Waals surface area contributed by atoms with Crippen molar-refractivity contribution < 1.29 is 9.47 Å². The van der Waals surface area contributed by atoms with Crippen LogP contribution in [0.5, 0.6) is 11.5 Å². The maximum absolute atomic E-state index is 5.88. The molecular weight excluding hydrogens is 264 g/mol. The Hall–Kier alpha value is -2.20. The van der Waals surface area contributed by atoms with Crippen LogP contribution < -0.4 is 20.1 Å². The Labute approximate surface area is 126 Å². The van der Waals surface area contributed by atoms with Crippen molar-refractivity contribution in [1.29, 1.82) is 0 Å². The molecule has 0 aliphatic carbocycles. The van der Waals surface area contributed by atoms with Gasteiger partial charge in [0.1, 0.15) is 0 Å². The van der Waals surface area contributed by atoms with E-state index < -0.39 is 0 Å². The summed E-state index contributed by atoms with van der Waals surface area (Å²) in [7, 11) is 7.32. The number of nitrogens with two attached hydrogens (primary N) is 1. The Morgan fingerprint density at radius 1 is 0.952 bits per heavy atom. The summed E-state index contributed by atoms with van der Waals surface area (Å²) in [5, 5.41) is 0. The lowest BCUT2D eigenvalue weighted by Gasteiger charge is -2.16. The van der Waals surface area contributed by atoms with E-state index in [1.165, 1.54) is 0 Å². The molecule has 0 atom stereocenters. The van der Waals surface area contributed by atoms with Crippen LogP contribution in [0.15, 0.2) is 36.4 Å². The Kier molecular flexibility index (Phi) is 4.70. The number of methoxy groups -OCH3 is 2. The van der Waals surface area contributed by atoms with Gasteiger partial charge in [-0.05, 0) is 41.0 Å². The molecule has 2 N–H and O–H groups in total. The van der Waals surface area contributed by atoms with Crippen molar-refractivity contribution in [3.05, 3.63) is 42.0 Å². The standard InChI is InChI=1S/C17H22N2O2/c1-19(2)14-7-5-12(6-8-14)15-10-17(21-4)16(20-3)9-13(15)11-18/h5-10H,11,18H2,1-4H3. The lowest BCUT2D eigenvalue weighted by Crippen LogP contribution is -2.08. The molecule has 0 saturated carbocycles. The van der Waals surface area contributed by atoms with Gasteiger partial charge in [0.15, 0.2) is 11.5 Å². The molecule has 0 fully saturated rings. The lowest BCUT2D eigenvalue weighted by molar-refractivity contribution is 0.354. The monoisotopic (exact) mass is 286 g/mol. The molecule has 0 saturated heterocycles. The average Bonchev–Trinajstić information content (AvgIpc) is 2.53. The predicted octanol–water partition coefficient (Wildman–Crippen LogP) is 2.90. The van der Waals surface area contributed by atoms with Gasteiger partial charge in [-0.3, -0.25) is 0 Å². The van der Waals surface area contributed by atoms with Gasteiger partial charge in [-0.1, -0.05) is 12.1 Å². The second-order valence-corrected chi connectivity index (χ2v) is 5.01. The first-order chi connectivity index (χ1) is 10.1. The van der Waals surface area contributed by atoms with Crippen LogP contribution in [-0.4, -0.2) is 28.3 Å². The van der Waals surface area contributed by atoms with Crippen LogP contribution in [0.25, 0.3) is 11.1 Å². The molecule has 0 unspecified atom stereocenters. The van der Waals surface area contributed by atoms with Crippen LogP contribution in [0, 0.1) is 0 Å². The van der Waals surface area contributed by atoms with E-state index in [-0.39, 0.29) is 0 Å². The number of rotatable bonds is 5. The van der Waals surface area contributed by atoms with Crippen LogP contribution in [-0.2, 0) is 6.54 Å². The van der Waals surface area contributed by atoms with Gasteiger partial charge in [0.25, 0.3) is 0 Å². The summed E-state index contributed by atoms with van der Waals surface area (Å²) in [5.41, 5.74) is 10.3. The summed E-state index contributed by atoms with van der Waals surface area (Å²) in [4.78, 5) is 2.07. The predicted molar refractivity (Wildman–Crippen MR) is 87.2 cm³/mol. The minimum Gasteiger partial charge on any atom is -0.493 e. The van der Waals surface area contributed by atoms with Crippen molar-refractivity contribution >= 4 is 5.69 Å². The van der Waals surface area contributed by atoms with Crippen molar-refractivity contribution in [2.75, 3.05) is 33.2 Å². The lowest BCUT2D eigenvalue weighted by atomic mass is 9.98. The summed E-state index contributed by atoms with van der Waals surface area (Å²) < 4.78 is 10.7. The second kappa shape index (κ2) is 6.50. The second-order valence-electron chi connectivity index (χ2n) is 5.01. The summed E-state index contributed by atoms with van der Waals surface area (Å²) in [5.74, 6) is 1.41. The molecule has 2 aromatic carbocycles. The van der Waals surface area contributed by atoms with Crippen molar-refractivity contribution in [1.82, 2.24) is 0 Å². The number of hydrogen-bond donors (Lipinski definition) is 1. The number of benzene rings is 2. The van der Waals surface area contributed by atoms with Crippen LogP contribution in [0.3, 0.4) is 0 Å². The molecule has 0 aliphatic heterocycles. The molecule has 2 aromatic rings. The highest BCUT2D eigenvalue weighted by atomic mass is 16.5. The molecule has 0 aromatic heterocycles. The fourth-order valence-corrected chi connectivity index (χ4v) is 2.30. The molecular formula is C17H22N2O2. The third-order valence-electron chi connectivity index (χ3n) is 3.52. The quantitative estimate of drug-likeness (QED) is 0.918. The zero-order chi connectivity index (χ0) is 15.4. The molecule has 2 rings (SSSR count). The number of anilines is 1. The highest BCUT2D eigenvalue weighted by Gasteiger charge is 2.12. The Bertz CT molecular complexity index is 607. The normalized spacial score (nSPS) is 10.3. The molecule has 0 amide bonds. The van der Waals surface area contributed by atoms with E-state index in [4.69, 9.17) is 15.2 Å². The molecule has 0 radical (unpaired) electrons. The third-order valence-corrected chi connectivity index (χ3v) is 3.52. The molecule has 21 heavy (non-hydrogen) atoms. The maximum atomic E-state index is 5.88. The van der Waals surface area contributed by atoms with Gasteiger partial charge in [-0.25, -0.2) is 0 Å². The first-order valence-corrected chi connectivity index (χ1v) is 6.83. The zero-order valence-electron chi connectivity index (χ0n) is 13.0. The Morgan fingerprint density at radius 3 is 2.00 bits per heavy atom. The molecule has 0 heterocycles. The van der Waals surface area contributed by atoms with E-state index in [0.717, 1.165) is 22.4 Å². The summed E-state index contributed by atoms with van der Waals surface area (Å²) in [6.07, 6.45) is 0. The molecule has 4 nitrogen and oxygen atoms in total. The van der Waals surface area contributed by atoms with E-state index in [1.54, 1.807) is 14.2 Å². The first-order valence-electron chi connectivity index (χ1n) is 6.83. The third kappa shape index (κ3) is 3.11. The Morgan fingerprint density at radius 2 is 1.52 bits per heavy atom. The van der Waals surface area contributed by atoms with Crippen LogP contribution in [0.4, 0.5) is 5.69 Å². The van der Waals surface area contributed by atoms with Gasteiger partial charge < -0.3 is 20.1 Å². The van der Waals surface area contributed by atoms with E-state index in [0.29, 0.717) is 18.0 Å². The zero-order valence-corrected chi connectivity index (χ0v) is 13.0. The highest BCUT2D eigenvalue weighted by molar-refractivity contribution is 5.72. The van der Waals surface area contributed by atoms with Crippen LogP contribution in [0.2, 0.25) is 0 Å². The summed E-state index contributed by atoms with van der Waals surface area (Å²) in [6.45, 7) is 0.450. The molecule has 112 valence electrons. The van der Waals surface area contributed by atoms with E-state index in [1.807, 2.05) is 26.2 Å². The van der Waals surface area contributed by atoms with Gasteiger partial charge in [-0.15, -0.1) is 0 Å². The fraction of sp³-hybridized carbons (Fsp3) is 0.294. The summed E-state index contributed by atoms with van der Waals surface area (Å²) in [6, 6.07) is 12.3. The largest absolute Gasteiger partial charge is 0.493 e. The number of nitrogens with zero attached hydrogens (tertiary/aromatic N) is 1. The van der Waals surface area contributed by atoms with Crippen LogP contribution >= 0.6 is 0 Å². The molecule has 0 spiro atoms. The fourth-order valence-electron chi connectivity index (χ4n) is 2.30. The minimum atomic E-state index is 0.450. The van der Waals surface area contributed by atoms with Crippen molar-refractivity contribution in [2.24, 2.45) is 5.73 Å². The molecule has 4 heteroatoms. The summed E-state index contributed by atoms with van der Waals surface area (Å²) >= 11 is 0. The highest BCUT2D eigenvalue weighted by Crippen LogP contribution is 2.36. The van der Waals surface area contributed by atoms with Crippen molar-refractivity contribution in [3.8, 4) is 22.6 Å². The SMILES string of the molecule is COc1cc(CN)c(-c2ccc(N(C)C)cc2)cc1OC. The van der Waals surface area contributed by atoms with Gasteiger partial charge in [0, 0.05) is 26.3 Å². The van der Waals surface area contributed by atoms with E-state index in [2.05, 4.69) is 29.2 Å². The average molecular weight is 286 g/mol. The van der Waals surface area contributed by atoms with Gasteiger partial charge >= 0.3 is 0 Å². The minimum absolute atomic E-state index is 0.450.